The number of ether oxygens (including phenoxy) is 1. The van der Waals surface area contributed by atoms with Crippen molar-refractivity contribution in [1.82, 2.24) is 14.8 Å². The minimum atomic E-state index is -5.08. The smallest absolute Gasteiger partial charge is 0.475 e. The second kappa shape index (κ2) is 10.1. The minimum Gasteiger partial charge on any atom is -0.475 e. The molecule has 2 aliphatic rings. The highest BCUT2D eigenvalue weighted by Gasteiger charge is 2.38. The number of aromatic nitrogens is 1. The van der Waals surface area contributed by atoms with Gasteiger partial charge < -0.3 is 19.7 Å². The second-order valence-electron chi connectivity index (χ2n) is 8.72. The Labute approximate surface area is 200 Å². The molecule has 0 spiro atoms. The number of piperidine rings is 1. The fourth-order valence-corrected chi connectivity index (χ4v) is 4.64. The molecule has 2 N–H and O–H groups in total. The van der Waals surface area contributed by atoms with E-state index in [4.69, 9.17) is 14.6 Å². The Balaban J connectivity index is 0.000000364. The van der Waals surface area contributed by atoms with E-state index in [9.17, 15) is 18.0 Å². The van der Waals surface area contributed by atoms with Gasteiger partial charge in [-0.15, -0.1) is 0 Å². The standard InChI is InChI=1S/C23H25N3O2.C2HF3O2/c1-25-18-11-16(12-19(25)15-28-14-18)24-23(27)21-13-26(17-7-3-2-4-8-17)22-10-6-5-9-20(21)22;3-2(4,5)1(6)7/h2-10,13,16,18-19H,11-12,14-15H2,1H3,(H,24,27);(H,6,7). The van der Waals surface area contributed by atoms with Crippen LogP contribution in [-0.4, -0.2) is 71.0 Å². The molecule has 10 heteroatoms. The van der Waals surface area contributed by atoms with Crippen LogP contribution in [0.15, 0.2) is 60.8 Å². The van der Waals surface area contributed by atoms with Crippen LogP contribution in [0.2, 0.25) is 0 Å². The maximum atomic E-state index is 13.2. The first-order valence-corrected chi connectivity index (χ1v) is 11.2. The summed E-state index contributed by atoms with van der Waals surface area (Å²) in [6, 6.07) is 19.2. The molecule has 2 unspecified atom stereocenters. The Morgan fingerprint density at radius 2 is 1.57 bits per heavy atom. The Hall–Kier alpha value is -3.37. The van der Waals surface area contributed by atoms with Gasteiger partial charge in [0.15, 0.2) is 0 Å². The van der Waals surface area contributed by atoms with Crippen LogP contribution in [0, 0.1) is 0 Å². The lowest BCUT2D eigenvalue weighted by Crippen LogP contribution is -2.59. The number of nitrogens with zero attached hydrogens (tertiary/aromatic N) is 2. The third-order valence-electron chi connectivity index (χ3n) is 6.45. The van der Waals surface area contributed by atoms with E-state index in [1.807, 2.05) is 42.6 Å². The quantitative estimate of drug-likeness (QED) is 0.584. The summed E-state index contributed by atoms with van der Waals surface area (Å²) in [7, 11) is 2.17. The Bertz CT molecular complexity index is 1180. The summed E-state index contributed by atoms with van der Waals surface area (Å²) >= 11 is 0. The number of likely N-dealkylation sites (N-methyl/N-ethyl adjacent to an activating group) is 1. The van der Waals surface area contributed by atoms with Gasteiger partial charge in [0.25, 0.3) is 5.91 Å². The van der Waals surface area contributed by atoms with Gasteiger partial charge in [0, 0.05) is 35.4 Å². The lowest BCUT2D eigenvalue weighted by Gasteiger charge is -2.46. The number of fused-ring (bicyclic) bond motifs is 3. The number of para-hydroxylation sites is 2. The van der Waals surface area contributed by atoms with Crippen molar-refractivity contribution in [1.29, 1.82) is 0 Å². The van der Waals surface area contributed by atoms with Gasteiger partial charge in [-0.25, -0.2) is 4.79 Å². The zero-order valence-electron chi connectivity index (χ0n) is 19.0. The van der Waals surface area contributed by atoms with Crippen LogP contribution in [0.1, 0.15) is 23.2 Å². The van der Waals surface area contributed by atoms with Crippen molar-refractivity contribution in [2.75, 3.05) is 20.3 Å². The number of carboxylic acid groups (broad SMARTS) is 1. The van der Waals surface area contributed by atoms with Crippen LogP contribution in [0.5, 0.6) is 0 Å². The molecular weight excluding hydrogens is 463 g/mol. The number of aliphatic carboxylic acids is 1. The van der Waals surface area contributed by atoms with Gasteiger partial charge in [-0.05, 0) is 38.1 Å². The van der Waals surface area contributed by atoms with Crippen molar-refractivity contribution in [3.05, 3.63) is 66.4 Å². The van der Waals surface area contributed by atoms with E-state index < -0.39 is 12.1 Å². The van der Waals surface area contributed by atoms with Gasteiger partial charge >= 0.3 is 12.1 Å². The third kappa shape index (κ3) is 5.49. The first kappa shape index (κ1) is 24.7. The number of nitrogens with one attached hydrogen (secondary N) is 1. The van der Waals surface area contributed by atoms with Gasteiger partial charge in [0.2, 0.25) is 0 Å². The van der Waals surface area contributed by atoms with Crippen molar-refractivity contribution in [3.63, 3.8) is 0 Å². The highest BCUT2D eigenvalue weighted by atomic mass is 19.4. The molecule has 2 saturated heterocycles. The largest absolute Gasteiger partial charge is 0.490 e. The maximum Gasteiger partial charge on any atom is 0.490 e. The van der Waals surface area contributed by atoms with E-state index in [1.165, 1.54) is 0 Å². The first-order chi connectivity index (χ1) is 16.6. The molecule has 1 amide bonds. The van der Waals surface area contributed by atoms with Crippen LogP contribution in [0.4, 0.5) is 13.2 Å². The molecule has 0 aliphatic carbocycles. The van der Waals surface area contributed by atoms with Crippen LogP contribution in [-0.2, 0) is 9.53 Å². The van der Waals surface area contributed by atoms with Crippen molar-refractivity contribution in [3.8, 4) is 5.69 Å². The molecule has 3 aromatic rings. The highest BCUT2D eigenvalue weighted by Crippen LogP contribution is 2.28. The lowest BCUT2D eigenvalue weighted by molar-refractivity contribution is -0.192. The van der Waals surface area contributed by atoms with Crippen LogP contribution < -0.4 is 5.32 Å². The third-order valence-corrected chi connectivity index (χ3v) is 6.45. The van der Waals surface area contributed by atoms with E-state index in [1.54, 1.807) is 0 Å². The summed E-state index contributed by atoms with van der Waals surface area (Å²) in [5.74, 6) is -2.74. The number of carbonyl (C=O) groups is 2. The van der Waals surface area contributed by atoms with Crippen LogP contribution in [0.25, 0.3) is 16.6 Å². The van der Waals surface area contributed by atoms with Gasteiger partial charge in [-0.2, -0.15) is 13.2 Å². The van der Waals surface area contributed by atoms with E-state index in [2.05, 4.69) is 40.0 Å². The molecule has 2 bridgehead atoms. The van der Waals surface area contributed by atoms with Gasteiger partial charge in [-0.3, -0.25) is 9.69 Å². The zero-order valence-corrected chi connectivity index (χ0v) is 19.0. The number of carbonyl (C=O) groups excluding carboxylic acids is 1. The predicted molar refractivity (Wildman–Crippen MR) is 124 cm³/mol. The SMILES string of the molecule is CN1C2COCC1CC(NC(=O)c1cn(-c3ccccc3)c3ccccc13)C2.O=C(O)C(F)(F)F. The number of rotatable bonds is 3. The number of hydrogen-bond acceptors (Lipinski definition) is 4. The molecule has 1 aromatic heterocycles. The number of alkyl halides is 3. The summed E-state index contributed by atoms with van der Waals surface area (Å²) in [6.45, 7) is 1.51. The Kier molecular flexibility index (Phi) is 7.13. The summed E-state index contributed by atoms with van der Waals surface area (Å²) in [5, 5.41) is 11.4. The van der Waals surface area contributed by atoms with Gasteiger partial charge in [0.1, 0.15) is 0 Å². The lowest BCUT2D eigenvalue weighted by atomic mass is 9.90. The fraction of sp³-hybridized carbons (Fsp3) is 0.360. The molecule has 2 fully saturated rings. The number of morpholine rings is 1. The number of amides is 1. The Morgan fingerprint density at radius 3 is 2.17 bits per heavy atom. The topological polar surface area (TPSA) is 83.8 Å². The predicted octanol–water partition coefficient (Wildman–Crippen LogP) is 3.86. The highest BCUT2D eigenvalue weighted by molar-refractivity contribution is 6.07. The maximum absolute atomic E-state index is 13.2. The average molecular weight is 489 g/mol. The second-order valence-corrected chi connectivity index (χ2v) is 8.72. The molecule has 7 nitrogen and oxygen atoms in total. The molecule has 186 valence electrons. The molecule has 2 atom stereocenters. The molecule has 2 aromatic carbocycles. The van der Waals surface area contributed by atoms with Gasteiger partial charge in [-0.1, -0.05) is 36.4 Å². The molecule has 3 heterocycles. The van der Waals surface area contributed by atoms with E-state index in [-0.39, 0.29) is 11.9 Å². The summed E-state index contributed by atoms with van der Waals surface area (Å²) < 4.78 is 39.5. The summed E-state index contributed by atoms with van der Waals surface area (Å²) in [5.41, 5.74) is 2.84. The van der Waals surface area contributed by atoms with Crippen LogP contribution >= 0.6 is 0 Å². The summed E-state index contributed by atoms with van der Waals surface area (Å²) in [4.78, 5) is 24.5. The molecule has 0 radical (unpaired) electrons. The number of halogens is 3. The summed E-state index contributed by atoms with van der Waals surface area (Å²) in [6.07, 6.45) is -1.24. The number of benzene rings is 2. The van der Waals surface area contributed by atoms with Crippen molar-refractivity contribution < 1.29 is 32.6 Å². The molecule has 5 rings (SSSR count). The first-order valence-electron chi connectivity index (χ1n) is 11.2. The number of hydrogen-bond donors (Lipinski definition) is 2. The molecule has 0 saturated carbocycles. The Morgan fingerprint density at radius 1 is 1.00 bits per heavy atom. The van der Waals surface area contributed by atoms with E-state index in [0.29, 0.717) is 12.1 Å². The van der Waals surface area contributed by atoms with Crippen molar-refractivity contribution >= 4 is 22.8 Å². The molecule has 35 heavy (non-hydrogen) atoms. The normalized spacial score (nSPS) is 22.2. The average Bonchev–Trinajstić information content (AvgIpc) is 3.20. The van der Waals surface area contributed by atoms with Crippen molar-refractivity contribution in [2.24, 2.45) is 0 Å². The van der Waals surface area contributed by atoms with Gasteiger partial charge in [0.05, 0.1) is 24.3 Å². The zero-order chi connectivity index (χ0) is 25.2. The monoisotopic (exact) mass is 489 g/mol. The fourth-order valence-electron chi connectivity index (χ4n) is 4.64. The number of carboxylic acids is 1. The van der Waals surface area contributed by atoms with E-state index in [0.717, 1.165) is 48.2 Å². The van der Waals surface area contributed by atoms with Crippen LogP contribution in [0.3, 0.4) is 0 Å². The minimum absolute atomic E-state index is 0.0134. The van der Waals surface area contributed by atoms with E-state index >= 15 is 0 Å². The molecule has 2 aliphatic heterocycles. The molecular formula is C25H26F3N3O4. The van der Waals surface area contributed by atoms with Crippen molar-refractivity contribution in [2.45, 2.75) is 37.1 Å².